The molecule has 0 saturated carbocycles. The van der Waals surface area contributed by atoms with Crippen LogP contribution in [0, 0.1) is 11.8 Å². The van der Waals surface area contributed by atoms with Crippen molar-refractivity contribution in [3.05, 3.63) is 12.2 Å². The second-order valence-corrected chi connectivity index (χ2v) is 10.6. The second-order valence-electron chi connectivity index (χ2n) is 7.95. The summed E-state index contributed by atoms with van der Waals surface area (Å²) in [7, 11) is 0. The molecular formula is C22H38O2S2. The van der Waals surface area contributed by atoms with Crippen molar-refractivity contribution < 1.29 is 9.90 Å². The summed E-state index contributed by atoms with van der Waals surface area (Å²) in [5.41, 5.74) is 0. The van der Waals surface area contributed by atoms with Gasteiger partial charge in [-0.3, -0.25) is 4.79 Å². The Labute approximate surface area is 169 Å². The Morgan fingerprint density at radius 1 is 1.04 bits per heavy atom. The molecule has 0 aromatic rings. The molecule has 26 heavy (non-hydrogen) atoms. The van der Waals surface area contributed by atoms with E-state index < -0.39 is 5.97 Å². The van der Waals surface area contributed by atoms with Gasteiger partial charge in [0.05, 0.1) is 0 Å². The molecule has 2 fully saturated rings. The van der Waals surface area contributed by atoms with Crippen LogP contribution < -0.4 is 0 Å². The minimum atomic E-state index is -0.676. The predicted octanol–water partition coefficient (Wildman–Crippen LogP) is 6.79. The quantitative estimate of drug-likeness (QED) is 0.243. The minimum absolute atomic E-state index is 0.298. The van der Waals surface area contributed by atoms with Crippen LogP contribution in [0.1, 0.15) is 84.0 Å². The maximum Gasteiger partial charge on any atom is 0.303 e. The van der Waals surface area contributed by atoms with Crippen molar-refractivity contribution >= 4 is 29.5 Å². The second kappa shape index (κ2) is 13.1. The molecule has 0 aromatic carbocycles. The number of carboxylic acids is 1. The highest BCUT2D eigenvalue weighted by molar-refractivity contribution is 8.01. The molecule has 2 bridgehead atoms. The number of thioether (sulfide) groups is 2. The van der Waals surface area contributed by atoms with Crippen molar-refractivity contribution in [1.82, 2.24) is 0 Å². The zero-order valence-corrected chi connectivity index (χ0v) is 18.2. The molecule has 0 aromatic heterocycles. The Balaban J connectivity index is 1.60. The molecule has 0 radical (unpaired) electrons. The van der Waals surface area contributed by atoms with Crippen LogP contribution in [0.5, 0.6) is 0 Å². The highest BCUT2D eigenvalue weighted by Gasteiger charge is 2.47. The van der Waals surface area contributed by atoms with E-state index in [0.29, 0.717) is 6.42 Å². The van der Waals surface area contributed by atoms with Crippen LogP contribution in [0.15, 0.2) is 12.2 Å². The Kier molecular flexibility index (Phi) is 11.2. The third kappa shape index (κ3) is 7.88. The van der Waals surface area contributed by atoms with E-state index in [-0.39, 0.29) is 0 Å². The molecule has 1 N–H and O–H groups in total. The molecule has 2 rings (SSSR count). The molecule has 0 aliphatic carbocycles. The molecule has 0 amide bonds. The average Bonchev–Trinajstić information content (AvgIpc) is 3.22. The van der Waals surface area contributed by atoms with E-state index in [4.69, 9.17) is 5.11 Å². The molecular weight excluding hydrogens is 360 g/mol. The van der Waals surface area contributed by atoms with Gasteiger partial charge in [0, 0.05) is 16.9 Å². The van der Waals surface area contributed by atoms with Crippen molar-refractivity contribution in [3.8, 4) is 0 Å². The first-order valence-electron chi connectivity index (χ1n) is 10.8. The van der Waals surface area contributed by atoms with Gasteiger partial charge < -0.3 is 5.11 Å². The zero-order valence-electron chi connectivity index (χ0n) is 16.5. The predicted molar refractivity (Wildman–Crippen MR) is 117 cm³/mol. The van der Waals surface area contributed by atoms with E-state index in [1.165, 1.54) is 69.3 Å². The van der Waals surface area contributed by atoms with E-state index in [1.807, 2.05) is 0 Å². The maximum absolute atomic E-state index is 10.6. The summed E-state index contributed by atoms with van der Waals surface area (Å²) in [5.74, 6) is 3.81. The number of carboxylic acid groups (broad SMARTS) is 1. The van der Waals surface area contributed by atoms with Crippen molar-refractivity contribution in [2.75, 3.05) is 11.5 Å². The molecule has 2 aliphatic rings. The number of unbranched alkanes of at least 4 members (excludes halogenated alkanes) is 6. The highest BCUT2D eigenvalue weighted by Crippen LogP contribution is 2.55. The fourth-order valence-corrected chi connectivity index (χ4v) is 7.83. The smallest absolute Gasteiger partial charge is 0.303 e. The molecule has 2 aliphatic heterocycles. The summed E-state index contributed by atoms with van der Waals surface area (Å²) in [6.07, 6.45) is 19.0. The van der Waals surface area contributed by atoms with Crippen molar-refractivity contribution in [1.29, 1.82) is 0 Å². The first-order chi connectivity index (χ1) is 12.7. The highest BCUT2D eigenvalue weighted by atomic mass is 32.2. The number of rotatable bonds is 15. The Morgan fingerprint density at radius 3 is 2.54 bits per heavy atom. The zero-order chi connectivity index (χ0) is 18.6. The van der Waals surface area contributed by atoms with Crippen molar-refractivity contribution in [3.63, 3.8) is 0 Å². The third-order valence-corrected chi connectivity index (χ3v) is 8.95. The van der Waals surface area contributed by atoms with Gasteiger partial charge in [-0.05, 0) is 61.9 Å². The Bertz CT molecular complexity index is 424. The number of carbonyl (C=O) groups is 1. The minimum Gasteiger partial charge on any atom is -0.481 e. The van der Waals surface area contributed by atoms with Crippen molar-refractivity contribution in [2.45, 2.75) is 94.5 Å². The SMILES string of the molecule is CCCCCCCCSC[C@H]1[C@@H](CC=CCCCC(=O)O)[C@H]2CC[C@@H]1S2. The normalized spacial score (nSPS) is 27.6. The van der Waals surface area contributed by atoms with E-state index >= 15 is 0 Å². The molecule has 2 nitrogen and oxygen atoms in total. The fraction of sp³-hybridized carbons (Fsp3) is 0.864. The summed E-state index contributed by atoms with van der Waals surface area (Å²) < 4.78 is 0. The lowest BCUT2D eigenvalue weighted by Gasteiger charge is -2.28. The number of aliphatic carboxylic acids is 1. The number of hydrogen-bond acceptors (Lipinski definition) is 3. The van der Waals surface area contributed by atoms with Gasteiger partial charge in [0.1, 0.15) is 0 Å². The third-order valence-electron chi connectivity index (χ3n) is 5.88. The molecule has 0 unspecified atom stereocenters. The van der Waals surface area contributed by atoms with E-state index in [0.717, 1.165) is 35.2 Å². The first-order valence-corrected chi connectivity index (χ1v) is 12.9. The molecule has 0 spiro atoms. The molecule has 2 heterocycles. The van der Waals surface area contributed by atoms with Crippen LogP contribution in [0.3, 0.4) is 0 Å². The van der Waals surface area contributed by atoms with Crippen LogP contribution in [-0.2, 0) is 4.79 Å². The first kappa shape index (κ1) is 22.2. The molecule has 4 atom stereocenters. The summed E-state index contributed by atoms with van der Waals surface area (Å²) in [6, 6.07) is 0. The largest absolute Gasteiger partial charge is 0.481 e. The summed E-state index contributed by atoms with van der Waals surface area (Å²) >= 11 is 4.48. The molecule has 150 valence electrons. The van der Waals surface area contributed by atoms with Crippen LogP contribution in [0.25, 0.3) is 0 Å². The summed E-state index contributed by atoms with van der Waals surface area (Å²) in [4.78, 5) is 10.6. The monoisotopic (exact) mass is 398 g/mol. The van der Waals surface area contributed by atoms with E-state index in [2.05, 4.69) is 42.6 Å². The van der Waals surface area contributed by atoms with E-state index in [9.17, 15) is 4.79 Å². The van der Waals surface area contributed by atoms with Gasteiger partial charge in [-0.25, -0.2) is 0 Å². The number of fused-ring (bicyclic) bond motifs is 2. The van der Waals surface area contributed by atoms with Gasteiger partial charge in [0.2, 0.25) is 0 Å². The van der Waals surface area contributed by atoms with Crippen LogP contribution in [-0.4, -0.2) is 33.1 Å². The van der Waals surface area contributed by atoms with Gasteiger partial charge in [-0.1, -0.05) is 51.2 Å². The number of allylic oxidation sites excluding steroid dienone is 2. The lowest BCUT2D eigenvalue weighted by molar-refractivity contribution is -0.137. The van der Waals surface area contributed by atoms with Gasteiger partial charge in [-0.2, -0.15) is 23.5 Å². The topological polar surface area (TPSA) is 37.3 Å². The standard InChI is InChI=1S/C22H38O2S2/c1-2-3-4-5-8-11-16-25-17-19-18(20-14-15-21(19)26-20)12-9-6-7-10-13-22(23)24/h6,9,18-21H,2-5,7-8,10-17H2,1H3,(H,23,24)/t18-,19+,20-,21+/m1/s1. The van der Waals surface area contributed by atoms with Crippen LogP contribution in [0.4, 0.5) is 0 Å². The summed E-state index contributed by atoms with van der Waals surface area (Å²) in [5, 5.41) is 10.5. The number of hydrogen-bond donors (Lipinski definition) is 1. The van der Waals surface area contributed by atoms with Gasteiger partial charge in [0.15, 0.2) is 0 Å². The molecule has 4 heteroatoms. The summed E-state index contributed by atoms with van der Waals surface area (Å²) in [6.45, 7) is 2.28. The van der Waals surface area contributed by atoms with Crippen LogP contribution >= 0.6 is 23.5 Å². The average molecular weight is 399 g/mol. The maximum atomic E-state index is 10.6. The fourth-order valence-electron chi connectivity index (χ4n) is 4.37. The van der Waals surface area contributed by atoms with Crippen molar-refractivity contribution in [2.24, 2.45) is 11.8 Å². The van der Waals surface area contributed by atoms with Gasteiger partial charge in [-0.15, -0.1) is 0 Å². The lowest BCUT2D eigenvalue weighted by Crippen LogP contribution is -2.28. The van der Waals surface area contributed by atoms with E-state index in [1.54, 1.807) is 0 Å². The van der Waals surface area contributed by atoms with Gasteiger partial charge in [0.25, 0.3) is 0 Å². The Hall–Kier alpha value is -0.0900. The Morgan fingerprint density at radius 2 is 1.77 bits per heavy atom. The lowest BCUT2D eigenvalue weighted by atomic mass is 9.78. The van der Waals surface area contributed by atoms with Crippen LogP contribution in [0.2, 0.25) is 0 Å². The molecule has 2 saturated heterocycles. The van der Waals surface area contributed by atoms with Gasteiger partial charge >= 0.3 is 5.97 Å².